The van der Waals surface area contributed by atoms with Crippen LogP contribution in [-0.2, 0) is 6.54 Å². The fourth-order valence-electron chi connectivity index (χ4n) is 3.80. The zero-order chi connectivity index (χ0) is 18.8. The number of carbonyl (C=O) groups excluding carboxylic acids is 1. The van der Waals surface area contributed by atoms with E-state index >= 15 is 0 Å². The highest BCUT2D eigenvalue weighted by Crippen LogP contribution is 2.25. The number of aromatic nitrogens is 1. The van der Waals surface area contributed by atoms with Gasteiger partial charge in [0.2, 0.25) is 0 Å². The lowest BCUT2D eigenvalue weighted by Crippen LogP contribution is -2.48. The molecule has 2 aromatic heterocycles. The maximum atomic E-state index is 12.7. The number of piperidine rings is 1. The third kappa shape index (κ3) is 4.36. The predicted octanol–water partition coefficient (Wildman–Crippen LogP) is 3.71. The van der Waals surface area contributed by atoms with Crippen LogP contribution in [0.4, 0.5) is 5.13 Å². The Morgan fingerprint density at radius 1 is 1.15 bits per heavy atom. The third-order valence-corrected chi connectivity index (χ3v) is 7.65. The molecule has 7 heteroatoms. The third-order valence-electron chi connectivity index (χ3n) is 5.70. The maximum absolute atomic E-state index is 12.7. The predicted molar refractivity (Wildman–Crippen MR) is 113 cm³/mol. The highest BCUT2D eigenvalue weighted by atomic mass is 32.1. The Bertz CT molecular complexity index is 771. The second-order valence-electron chi connectivity index (χ2n) is 7.79. The molecule has 146 valence electrons. The molecule has 2 aliphatic rings. The number of carbonyl (C=O) groups is 1. The van der Waals surface area contributed by atoms with E-state index in [-0.39, 0.29) is 5.91 Å². The van der Waals surface area contributed by atoms with Crippen LogP contribution in [-0.4, -0.2) is 60.0 Å². The minimum Gasteiger partial charge on any atom is -0.345 e. The lowest BCUT2D eigenvalue weighted by atomic mass is 9.99. The van der Waals surface area contributed by atoms with Crippen LogP contribution in [0.2, 0.25) is 0 Å². The number of aryl methyl sites for hydroxylation is 1. The molecule has 2 fully saturated rings. The normalized spacial score (nSPS) is 19.6. The van der Waals surface area contributed by atoms with E-state index in [0.717, 1.165) is 54.2 Å². The molecule has 27 heavy (non-hydrogen) atoms. The first-order valence-corrected chi connectivity index (χ1v) is 11.6. The average Bonchev–Trinajstić information content (AvgIpc) is 3.32. The van der Waals surface area contributed by atoms with Crippen molar-refractivity contribution in [2.75, 3.05) is 44.2 Å². The number of likely N-dealkylation sites (tertiary alicyclic amines) is 1. The fourth-order valence-corrected chi connectivity index (χ4v) is 5.56. The van der Waals surface area contributed by atoms with E-state index in [9.17, 15) is 4.79 Å². The summed E-state index contributed by atoms with van der Waals surface area (Å²) in [6, 6.07) is 2.02. The van der Waals surface area contributed by atoms with Crippen molar-refractivity contribution in [3.8, 4) is 0 Å². The first-order valence-electron chi connectivity index (χ1n) is 9.85. The van der Waals surface area contributed by atoms with Crippen LogP contribution in [0.3, 0.4) is 0 Å². The Labute approximate surface area is 169 Å². The van der Waals surface area contributed by atoms with Crippen LogP contribution < -0.4 is 4.90 Å². The van der Waals surface area contributed by atoms with Crippen molar-refractivity contribution in [3.63, 3.8) is 0 Å². The zero-order valence-corrected chi connectivity index (χ0v) is 17.8. The van der Waals surface area contributed by atoms with E-state index in [4.69, 9.17) is 4.98 Å². The van der Waals surface area contributed by atoms with Crippen LogP contribution in [0.1, 0.15) is 40.7 Å². The van der Waals surface area contributed by atoms with E-state index in [1.54, 1.807) is 22.7 Å². The number of amides is 1. The minimum absolute atomic E-state index is 0.182. The Morgan fingerprint density at radius 3 is 2.56 bits per heavy atom. The molecule has 0 spiro atoms. The largest absolute Gasteiger partial charge is 0.345 e. The lowest BCUT2D eigenvalue weighted by Gasteiger charge is -2.34. The molecule has 2 aromatic rings. The summed E-state index contributed by atoms with van der Waals surface area (Å²) in [7, 11) is 0. The second-order valence-corrected chi connectivity index (χ2v) is 9.54. The van der Waals surface area contributed by atoms with Gasteiger partial charge in [0, 0.05) is 38.1 Å². The van der Waals surface area contributed by atoms with E-state index in [0.29, 0.717) is 0 Å². The molecule has 4 rings (SSSR count). The Hall–Kier alpha value is -1.44. The molecule has 0 radical (unpaired) electrons. The van der Waals surface area contributed by atoms with E-state index < -0.39 is 0 Å². The molecule has 0 aliphatic carbocycles. The van der Waals surface area contributed by atoms with E-state index in [1.165, 1.54) is 31.6 Å². The molecule has 2 saturated heterocycles. The molecule has 0 atom stereocenters. The molecule has 0 unspecified atom stereocenters. The molecular weight excluding hydrogens is 376 g/mol. The van der Waals surface area contributed by atoms with Crippen LogP contribution in [0.15, 0.2) is 16.8 Å². The number of nitrogens with zero attached hydrogens (tertiary/aromatic N) is 4. The number of piperazine rings is 1. The van der Waals surface area contributed by atoms with Crippen molar-refractivity contribution in [1.82, 2.24) is 14.8 Å². The summed E-state index contributed by atoms with van der Waals surface area (Å²) in [6.45, 7) is 11.0. The number of hydrogen-bond donors (Lipinski definition) is 0. The lowest BCUT2D eigenvalue weighted by molar-refractivity contribution is 0.0751. The van der Waals surface area contributed by atoms with Gasteiger partial charge < -0.3 is 9.80 Å². The monoisotopic (exact) mass is 404 g/mol. The van der Waals surface area contributed by atoms with E-state index in [2.05, 4.69) is 22.1 Å². The molecule has 0 aromatic carbocycles. The van der Waals surface area contributed by atoms with Gasteiger partial charge in [-0.2, -0.15) is 0 Å². The van der Waals surface area contributed by atoms with Gasteiger partial charge in [-0.1, -0.05) is 6.92 Å². The molecule has 1 amide bonds. The molecule has 2 aliphatic heterocycles. The van der Waals surface area contributed by atoms with Crippen LogP contribution >= 0.6 is 22.7 Å². The van der Waals surface area contributed by atoms with Crippen molar-refractivity contribution in [1.29, 1.82) is 0 Å². The van der Waals surface area contributed by atoms with Gasteiger partial charge in [0.1, 0.15) is 0 Å². The minimum atomic E-state index is 0.182. The number of hydrogen-bond acceptors (Lipinski definition) is 6. The smallest absolute Gasteiger partial charge is 0.264 e. The first-order chi connectivity index (χ1) is 13.1. The summed E-state index contributed by atoms with van der Waals surface area (Å²) in [5, 5.41) is 5.31. The average molecular weight is 405 g/mol. The molecule has 4 heterocycles. The number of rotatable bonds is 4. The molecule has 5 nitrogen and oxygen atoms in total. The van der Waals surface area contributed by atoms with Crippen LogP contribution in [0.25, 0.3) is 0 Å². The number of anilines is 1. The fraction of sp³-hybridized carbons (Fsp3) is 0.600. The summed E-state index contributed by atoms with van der Waals surface area (Å²) in [5.74, 6) is 1.05. The summed E-state index contributed by atoms with van der Waals surface area (Å²) in [5.41, 5.74) is 2.28. The summed E-state index contributed by atoms with van der Waals surface area (Å²) < 4.78 is 0. The van der Waals surface area contributed by atoms with Crippen molar-refractivity contribution in [2.45, 2.75) is 33.2 Å². The second kappa shape index (κ2) is 8.29. The quantitative estimate of drug-likeness (QED) is 0.779. The van der Waals surface area contributed by atoms with Gasteiger partial charge in [0.05, 0.1) is 10.6 Å². The summed E-state index contributed by atoms with van der Waals surface area (Å²) in [4.78, 5) is 25.3. The van der Waals surface area contributed by atoms with Gasteiger partial charge in [-0.15, -0.1) is 22.7 Å². The topological polar surface area (TPSA) is 39.7 Å². The van der Waals surface area contributed by atoms with Gasteiger partial charge >= 0.3 is 0 Å². The summed E-state index contributed by atoms with van der Waals surface area (Å²) >= 11 is 3.29. The first kappa shape index (κ1) is 18.9. The molecule has 0 N–H and O–H groups in total. The van der Waals surface area contributed by atoms with Crippen molar-refractivity contribution >= 4 is 33.7 Å². The van der Waals surface area contributed by atoms with Gasteiger partial charge in [-0.3, -0.25) is 9.69 Å². The van der Waals surface area contributed by atoms with Crippen LogP contribution in [0.5, 0.6) is 0 Å². The molecular formula is C20H28N4OS2. The van der Waals surface area contributed by atoms with Gasteiger partial charge in [-0.05, 0) is 55.8 Å². The van der Waals surface area contributed by atoms with E-state index in [1.807, 2.05) is 23.3 Å². The zero-order valence-electron chi connectivity index (χ0n) is 16.2. The SMILES string of the molecule is Cc1ccsc1C(=O)N1CCN(c2nc(CN3CCC(C)CC3)cs2)CC1. The number of thiophene rings is 1. The Balaban J connectivity index is 1.30. The summed E-state index contributed by atoms with van der Waals surface area (Å²) in [6.07, 6.45) is 2.60. The Kier molecular flexibility index (Phi) is 5.80. The van der Waals surface area contributed by atoms with Crippen LogP contribution in [0, 0.1) is 12.8 Å². The Morgan fingerprint density at radius 2 is 1.89 bits per heavy atom. The van der Waals surface area contributed by atoms with Crippen molar-refractivity contribution in [2.24, 2.45) is 5.92 Å². The maximum Gasteiger partial charge on any atom is 0.264 e. The molecule has 0 bridgehead atoms. The highest BCUT2D eigenvalue weighted by molar-refractivity contribution is 7.13. The highest BCUT2D eigenvalue weighted by Gasteiger charge is 2.25. The molecule has 0 saturated carbocycles. The van der Waals surface area contributed by atoms with Gasteiger partial charge in [0.25, 0.3) is 5.91 Å². The van der Waals surface area contributed by atoms with Gasteiger partial charge in [0.15, 0.2) is 5.13 Å². The standard InChI is InChI=1S/C20H28N4OS2/c1-15-3-6-22(7-4-15)13-17-14-27-20(21-17)24-10-8-23(9-11-24)19(25)18-16(2)5-12-26-18/h5,12,14-15H,3-4,6-11,13H2,1-2H3. The van der Waals surface area contributed by atoms with Crippen molar-refractivity contribution in [3.05, 3.63) is 33.0 Å². The van der Waals surface area contributed by atoms with Crippen molar-refractivity contribution < 1.29 is 4.79 Å². The number of thiazole rings is 1. The van der Waals surface area contributed by atoms with Gasteiger partial charge in [-0.25, -0.2) is 4.98 Å².